The van der Waals surface area contributed by atoms with Crippen LogP contribution in [0.2, 0.25) is 0 Å². The molecule has 0 aliphatic rings. The van der Waals surface area contributed by atoms with Crippen LogP contribution in [0.4, 0.5) is 13.2 Å². The van der Waals surface area contributed by atoms with Crippen LogP contribution < -0.4 is 4.74 Å². The van der Waals surface area contributed by atoms with Gasteiger partial charge in [-0.1, -0.05) is 12.2 Å². The Morgan fingerprint density at radius 1 is 1.29 bits per heavy atom. The minimum Gasteiger partial charge on any atom is -0.478 e. The van der Waals surface area contributed by atoms with Gasteiger partial charge in [0.15, 0.2) is 0 Å². The van der Waals surface area contributed by atoms with Crippen LogP contribution in [0.15, 0.2) is 24.3 Å². The maximum atomic E-state index is 12.2. The largest absolute Gasteiger partial charge is 0.573 e. The van der Waals surface area contributed by atoms with Crippen LogP contribution in [0.1, 0.15) is 22.3 Å². The van der Waals surface area contributed by atoms with Crippen LogP contribution >= 0.6 is 0 Å². The molecule has 0 atom stereocenters. The van der Waals surface area contributed by atoms with E-state index in [0.717, 1.165) is 18.2 Å². The Kier molecular flexibility index (Phi) is 5.34. The number of esters is 1. The average molecular weight is 304 g/mol. The maximum Gasteiger partial charge on any atom is 0.573 e. The van der Waals surface area contributed by atoms with E-state index in [1.807, 2.05) is 0 Å². The quantitative estimate of drug-likeness (QED) is 0.847. The predicted octanol–water partition coefficient (Wildman–Crippen LogP) is 2.86. The summed E-state index contributed by atoms with van der Waals surface area (Å²) in [5, 5.41) is 8.85. The molecule has 21 heavy (non-hydrogen) atoms. The van der Waals surface area contributed by atoms with Crippen molar-refractivity contribution >= 4 is 18.0 Å². The van der Waals surface area contributed by atoms with Gasteiger partial charge in [0.05, 0.1) is 19.1 Å². The van der Waals surface area contributed by atoms with Crippen molar-refractivity contribution in [2.75, 3.05) is 7.11 Å². The van der Waals surface area contributed by atoms with E-state index in [1.54, 1.807) is 0 Å². The normalized spacial score (nSPS) is 11.4. The van der Waals surface area contributed by atoms with Gasteiger partial charge >= 0.3 is 18.3 Å². The maximum absolute atomic E-state index is 12.2. The van der Waals surface area contributed by atoms with Crippen molar-refractivity contribution in [2.24, 2.45) is 0 Å². The number of hydrogen-bond acceptors (Lipinski definition) is 4. The van der Waals surface area contributed by atoms with Crippen LogP contribution in [-0.2, 0) is 9.53 Å². The van der Waals surface area contributed by atoms with Crippen molar-refractivity contribution in [3.8, 4) is 5.75 Å². The molecule has 0 fully saturated rings. The number of methoxy groups -OCH3 is 1. The third kappa shape index (κ3) is 5.98. The Hall–Kier alpha value is -2.51. The molecule has 0 unspecified atom stereocenters. The summed E-state index contributed by atoms with van der Waals surface area (Å²) >= 11 is 0. The molecular weight excluding hydrogens is 293 g/mol. The second-order valence-electron chi connectivity index (χ2n) is 3.83. The summed E-state index contributed by atoms with van der Waals surface area (Å²) in [7, 11) is 1.19. The van der Waals surface area contributed by atoms with Crippen molar-refractivity contribution in [1.29, 1.82) is 0 Å². The molecule has 1 rings (SSSR count). The standard InChI is InChI=1S/C13H11F3O5/c1-20-11(17)4-2-3-8-5-9(12(18)19)7-10(6-8)21-13(14,15)16/h2-3,5-7H,4H2,1H3,(H,18,19). The number of aromatic carboxylic acids is 1. The molecule has 1 N–H and O–H groups in total. The fourth-order valence-corrected chi connectivity index (χ4v) is 1.41. The first-order chi connectivity index (χ1) is 9.71. The van der Waals surface area contributed by atoms with E-state index in [2.05, 4.69) is 9.47 Å². The monoisotopic (exact) mass is 304 g/mol. The number of benzene rings is 1. The van der Waals surface area contributed by atoms with Crippen molar-refractivity contribution in [3.63, 3.8) is 0 Å². The first kappa shape index (κ1) is 16.5. The average Bonchev–Trinajstić information content (AvgIpc) is 2.36. The highest BCUT2D eigenvalue weighted by Gasteiger charge is 2.31. The summed E-state index contributed by atoms with van der Waals surface area (Å²) in [5.41, 5.74) is -0.215. The molecule has 8 heteroatoms. The van der Waals surface area contributed by atoms with Crippen molar-refractivity contribution in [1.82, 2.24) is 0 Å². The lowest BCUT2D eigenvalue weighted by molar-refractivity contribution is -0.274. The van der Waals surface area contributed by atoms with E-state index in [1.165, 1.54) is 19.3 Å². The van der Waals surface area contributed by atoms with Gasteiger partial charge in [-0.25, -0.2) is 4.79 Å². The Morgan fingerprint density at radius 3 is 2.48 bits per heavy atom. The molecule has 114 valence electrons. The molecule has 0 bridgehead atoms. The molecule has 0 saturated heterocycles. The zero-order valence-corrected chi connectivity index (χ0v) is 10.8. The van der Waals surface area contributed by atoms with Crippen LogP contribution in [0.25, 0.3) is 6.08 Å². The number of alkyl halides is 3. The van der Waals surface area contributed by atoms with Gasteiger partial charge in [0.25, 0.3) is 0 Å². The molecule has 0 amide bonds. The lowest BCUT2D eigenvalue weighted by Gasteiger charge is -2.10. The molecule has 1 aromatic carbocycles. The first-order valence-corrected chi connectivity index (χ1v) is 5.59. The first-order valence-electron chi connectivity index (χ1n) is 5.59. The number of carbonyl (C=O) groups is 2. The third-order valence-electron chi connectivity index (χ3n) is 2.23. The Bertz CT molecular complexity index is 563. The molecule has 0 saturated carbocycles. The topological polar surface area (TPSA) is 72.8 Å². The highest BCUT2D eigenvalue weighted by atomic mass is 19.4. The van der Waals surface area contributed by atoms with Gasteiger partial charge in [0.1, 0.15) is 5.75 Å². The third-order valence-corrected chi connectivity index (χ3v) is 2.23. The van der Waals surface area contributed by atoms with Crippen LogP contribution in [0, 0.1) is 0 Å². The van der Waals surface area contributed by atoms with Gasteiger partial charge in [-0.3, -0.25) is 4.79 Å². The van der Waals surface area contributed by atoms with E-state index in [9.17, 15) is 22.8 Å². The molecule has 0 radical (unpaired) electrons. The molecule has 0 aromatic heterocycles. The number of ether oxygens (including phenoxy) is 2. The number of hydrogen-bond donors (Lipinski definition) is 1. The minimum absolute atomic E-state index is 0.0940. The Balaban J connectivity index is 3.02. The highest BCUT2D eigenvalue weighted by molar-refractivity contribution is 5.89. The second-order valence-corrected chi connectivity index (χ2v) is 3.83. The molecule has 5 nitrogen and oxygen atoms in total. The van der Waals surface area contributed by atoms with Gasteiger partial charge in [-0.05, 0) is 23.8 Å². The van der Waals surface area contributed by atoms with Crippen LogP contribution in [0.3, 0.4) is 0 Å². The summed E-state index contributed by atoms with van der Waals surface area (Å²) < 4.78 is 44.6. The summed E-state index contributed by atoms with van der Waals surface area (Å²) in [4.78, 5) is 21.8. The summed E-state index contributed by atoms with van der Waals surface area (Å²) in [6, 6.07) is 2.92. The van der Waals surface area contributed by atoms with Crippen LogP contribution in [0.5, 0.6) is 5.75 Å². The van der Waals surface area contributed by atoms with E-state index in [-0.39, 0.29) is 17.5 Å². The van der Waals surface area contributed by atoms with E-state index in [0.29, 0.717) is 0 Å². The minimum atomic E-state index is -4.93. The zero-order valence-electron chi connectivity index (χ0n) is 10.8. The lowest BCUT2D eigenvalue weighted by atomic mass is 10.1. The van der Waals surface area contributed by atoms with E-state index >= 15 is 0 Å². The fraction of sp³-hybridized carbons (Fsp3) is 0.231. The number of halogens is 3. The molecule has 0 spiro atoms. The number of carboxylic acid groups (broad SMARTS) is 1. The SMILES string of the molecule is COC(=O)CC=Cc1cc(OC(F)(F)F)cc(C(=O)O)c1. The second kappa shape index (κ2) is 6.78. The molecule has 1 aromatic rings. The van der Waals surface area contributed by atoms with Crippen molar-refractivity contribution < 1.29 is 37.3 Å². The Labute approximate surface area is 117 Å². The van der Waals surface area contributed by atoms with Gasteiger partial charge in [0.2, 0.25) is 0 Å². The molecule has 0 heterocycles. The summed E-state index contributed by atoms with van der Waals surface area (Å²) in [5.74, 6) is -2.59. The molecular formula is C13H11F3O5. The summed E-state index contributed by atoms with van der Waals surface area (Å²) in [6.45, 7) is 0. The Morgan fingerprint density at radius 2 is 1.95 bits per heavy atom. The zero-order chi connectivity index (χ0) is 16.0. The van der Waals surface area contributed by atoms with Crippen molar-refractivity contribution in [3.05, 3.63) is 35.4 Å². The summed E-state index contributed by atoms with van der Waals surface area (Å²) in [6.07, 6.45) is -2.38. The molecule has 0 aliphatic carbocycles. The van der Waals surface area contributed by atoms with Gasteiger partial charge < -0.3 is 14.6 Å². The highest BCUT2D eigenvalue weighted by Crippen LogP contribution is 2.25. The van der Waals surface area contributed by atoms with Gasteiger partial charge in [-0.2, -0.15) is 0 Å². The lowest BCUT2D eigenvalue weighted by Crippen LogP contribution is -2.17. The predicted molar refractivity (Wildman–Crippen MR) is 65.8 cm³/mol. The smallest absolute Gasteiger partial charge is 0.478 e. The number of rotatable bonds is 5. The van der Waals surface area contributed by atoms with Gasteiger partial charge in [0, 0.05) is 0 Å². The number of carboxylic acids is 1. The van der Waals surface area contributed by atoms with Gasteiger partial charge in [-0.15, -0.1) is 13.2 Å². The fourth-order valence-electron chi connectivity index (χ4n) is 1.41. The van der Waals surface area contributed by atoms with E-state index in [4.69, 9.17) is 5.11 Å². The number of carbonyl (C=O) groups excluding carboxylic acids is 1. The van der Waals surface area contributed by atoms with E-state index < -0.39 is 24.1 Å². The molecule has 0 aliphatic heterocycles. The van der Waals surface area contributed by atoms with Crippen LogP contribution in [-0.4, -0.2) is 30.5 Å². The van der Waals surface area contributed by atoms with Crippen molar-refractivity contribution in [2.45, 2.75) is 12.8 Å².